The summed E-state index contributed by atoms with van der Waals surface area (Å²) in [6, 6.07) is 7.89. The van der Waals surface area contributed by atoms with Crippen LogP contribution >= 0.6 is 0 Å². The molecule has 0 aliphatic carbocycles. The molecule has 0 saturated heterocycles. The molecule has 2 N–H and O–H groups in total. The molecule has 0 atom stereocenters. The molecule has 0 aliphatic rings. The predicted octanol–water partition coefficient (Wildman–Crippen LogP) is 0.906. The van der Waals surface area contributed by atoms with Gasteiger partial charge in [0, 0.05) is 0 Å². The largest absolute Gasteiger partial charge is 0.405 e. The summed E-state index contributed by atoms with van der Waals surface area (Å²) < 4.78 is 0. The van der Waals surface area contributed by atoms with Gasteiger partial charge in [-0.05, 0) is 28.3 Å². The second-order valence-electron chi connectivity index (χ2n) is 2.68. The molecule has 0 heterocycles. The first-order valence-corrected chi connectivity index (χ1v) is 4.08. The molecule has 1 rings (SSSR count). The molecular weight excluding hydrogens is 158 g/mol. The van der Waals surface area contributed by atoms with Gasteiger partial charge in [-0.2, -0.15) is 0 Å². The number of rotatable bonds is 2. The van der Waals surface area contributed by atoms with Crippen LogP contribution in [-0.4, -0.2) is 0 Å². The van der Waals surface area contributed by atoms with E-state index in [0.717, 1.165) is 16.0 Å². The fraction of sp³-hybridized carbons (Fsp3) is 0. The lowest BCUT2D eigenvalue weighted by Crippen LogP contribution is -2.23. The Labute approximate surface area is 78.2 Å². The highest BCUT2D eigenvalue weighted by atomic mass is 14.5. The van der Waals surface area contributed by atoms with Crippen molar-refractivity contribution in [1.82, 2.24) is 0 Å². The first-order valence-electron chi connectivity index (χ1n) is 4.08. The average molecular weight is 171 g/mol. The Bertz CT molecular complexity index is 427. The van der Waals surface area contributed by atoms with Crippen molar-refractivity contribution in [1.29, 1.82) is 0 Å². The second-order valence-corrected chi connectivity index (χ2v) is 2.68. The Morgan fingerprint density at radius 2 is 2.00 bits per heavy atom. The number of hydrogen-bond donors (Lipinski definition) is 1. The van der Waals surface area contributed by atoms with E-state index in [9.17, 15) is 0 Å². The number of hydrogen-bond acceptors (Lipinski definition) is 1. The third-order valence-corrected chi connectivity index (χ3v) is 1.82. The van der Waals surface area contributed by atoms with Crippen molar-refractivity contribution in [3.63, 3.8) is 0 Å². The summed E-state index contributed by atoms with van der Waals surface area (Å²) in [5.41, 5.74) is 6.32. The Morgan fingerprint density at radius 1 is 1.31 bits per heavy atom. The van der Waals surface area contributed by atoms with Crippen LogP contribution in [0.3, 0.4) is 0 Å². The minimum atomic E-state index is 0.982. The monoisotopic (exact) mass is 171 g/mol. The molecule has 0 bridgehead atoms. The van der Waals surface area contributed by atoms with Crippen molar-refractivity contribution < 1.29 is 0 Å². The predicted molar refractivity (Wildman–Crippen MR) is 58.1 cm³/mol. The van der Waals surface area contributed by atoms with Crippen molar-refractivity contribution in [2.45, 2.75) is 0 Å². The highest BCUT2D eigenvalue weighted by Crippen LogP contribution is 1.93. The summed E-state index contributed by atoms with van der Waals surface area (Å²) in [4.78, 5) is 0. The van der Waals surface area contributed by atoms with Crippen molar-refractivity contribution in [2.75, 3.05) is 0 Å². The van der Waals surface area contributed by atoms with Gasteiger partial charge in [0.25, 0.3) is 0 Å². The zero-order valence-electron chi connectivity index (χ0n) is 7.53. The molecule has 66 valence electrons. The van der Waals surface area contributed by atoms with Gasteiger partial charge in [0.1, 0.15) is 0 Å². The van der Waals surface area contributed by atoms with Gasteiger partial charge in [0.05, 0.1) is 0 Å². The van der Waals surface area contributed by atoms with Crippen LogP contribution in [0.4, 0.5) is 0 Å². The number of allylic oxidation sites excluding steroid dienone is 2. The van der Waals surface area contributed by atoms with Crippen molar-refractivity contribution in [2.24, 2.45) is 5.73 Å². The summed E-state index contributed by atoms with van der Waals surface area (Å²) in [6.45, 7) is 7.65. The molecule has 1 aromatic rings. The zero-order valence-corrected chi connectivity index (χ0v) is 7.53. The van der Waals surface area contributed by atoms with E-state index < -0.39 is 0 Å². The van der Waals surface area contributed by atoms with Crippen molar-refractivity contribution in [3.05, 3.63) is 59.6 Å². The normalized spacial score (nSPS) is 12.9. The molecule has 1 aromatic carbocycles. The van der Waals surface area contributed by atoms with Crippen LogP contribution in [0.1, 0.15) is 0 Å². The number of nitrogens with two attached hydrogens (primary N) is 1. The van der Waals surface area contributed by atoms with E-state index in [-0.39, 0.29) is 0 Å². The van der Waals surface area contributed by atoms with E-state index in [1.54, 1.807) is 6.08 Å². The second kappa shape index (κ2) is 4.31. The van der Waals surface area contributed by atoms with Gasteiger partial charge >= 0.3 is 0 Å². The van der Waals surface area contributed by atoms with Gasteiger partial charge in [0.15, 0.2) is 0 Å². The minimum absolute atomic E-state index is 0.982. The maximum Gasteiger partial charge on any atom is -0.00561 e. The molecule has 1 nitrogen and oxygen atoms in total. The van der Waals surface area contributed by atoms with E-state index in [1.807, 2.05) is 30.3 Å². The Balaban J connectivity index is 3.55. The first-order chi connectivity index (χ1) is 6.29. The quantitative estimate of drug-likeness (QED) is 0.703. The van der Waals surface area contributed by atoms with E-state index in [1.165, 1.54) is 6.20 Å². The third-order valence-electron chi connectivity index (χ3n) is 1.82. The smallest absolute Gasteiger partial charge is 0.00561 e. The molecule has 0 radical (unpaired) electrons. The van der Waals surface area contributed by atoms with E-state index in [0.29, 0.717) is 0 Å². The lowest BCUT2D eigenvalue weighted by atomic mass is 10.1. The highest BCUT2D eigenvalue weighted by Gasteiger charge is 1.87. The van der Waals surface area contributed by atoms with E-state index in [2.05, 4.69) is 13.2 Å². The van der Waals surface area contributed by atoms with Gasteiger partial charge in [0.2, 0.25) is 0 Å². The van der Waals surface area contributed by atoms with Crippen LogP contribution in [0.5, 0.6) is 0 Å². The van der Waals surface area contributed by atoms with Gasteiger partial charge in [-0.3, -0.25) is 0 Å². The fourth-order valence-corrected chi connectivity index (χ4v) is 1.17. The first kappa shape index (κ1) is 9.33. The average Bonchev–Trinajstić information content (AvgIpc) is 2.16. The van der Waals surface area contributed by atoms with Gasteiger partial charge in [-0.25, -0.2) is 0 Å². The zero-order chi connectivity index (χ0) is 9.68. The Kier molecular flexibility index (Phi) is 3.09. The maximum absolute atomic E-state index is 5.32. The Hall–Kier alpha value is -1.76. The van der Waals surface area contributed by atoms with E-state index >= 15 is 0 Å². The summed E-state index contributed by atoms with van der Waals surface area (Å²) >= 11 is 0. The maximum atomic E-state index is 5.32. The lowest BCUT2D eigenvalue weighted by molar-refractivity contribution is 1.50. The SMILES string of the molecule is C=CC(/C=C\N)=c1\ccccc1=C. The summed E-state index contributed by atoms with van der Waals surface area (Å²) in [5, 5.41) is 2.05. The van der Waals surface area contributed by atoms with Gasteiger partial charge < -0.3 is 5.73 Å². The summed E-state index contributed by atoms with van der Waals surface area (Å²) in [7, 11) is 0. The number of benzene rings is 1. The topological polar surface area (TPSA) is 26.0 Å². The molecule has 0 spiro atoms. The van der Waals surface area contributed by atoms with Crippen LogP contribution in [0.15, 0.2) is 49.2 Å². The Morgan fingerprint density at radius 3 is 2.54 bits per heavy atom. The van der Waals surface area contributed by atoms with Crippen LogP contribution in [0.2, 0.25) is 0 Å². The third kappa shape index (κ3) is 2.09. The van der Waals surface area contributed by atoms with Gasteiger partial charge in [-0.1, -0.05) is 43.5 Å². The molecule has 0 saturated carbocycles. The van der Waals surface area contributed by atoms with Crippen LogP contribution < -0.4 is 16.2 Å². The molecule has 1 heteroatoms. The molecule has 13 heavy (non-hydrogen) atoms. The molecule has 0 aromatic heterocycles. The summed E-state index contributed by atoms with van der Waals surface area (Å²) in [5.74, 6) is 0. The van der Waals surface area contributed by atoms with Crippen LogP contribution in [0.25, 0.3) is 12.2 Å². The lowest BCUT2D eigenvalue weighted by Gasteiger charge is -1.93. The fourth-order valence-electron chi connectivity index (χ4n) is 1.17. The van der Waals surface area contributed by atoms with Crippen LogP contribution in [0, 0.1) is 0 Å². The molecule has 0 fully saturated rings. The molecule has 0 unspecified atom stereocenters. The van der Waals surface area contributed by atoms with Crippen molar-refractivity contribution in [3.8, 4) is 0 Å². The van der Waals surface area contributed by atoms with Crippen LogP contribution in [-0.2, 0) is 0 Å². The molecule has 0 aliphatic heterocycles. The molecule has 0 amide bonds. The minimum Gasteiger partial charge on any atom is -0.405 e. The highest BCUT2D eigenvalue weighted by molar-refractivity contribution is 5.65. The molecular formula is C12H13N. The van der Waals surface area contributed by atoms with Gasteiger partial charge in [-0.15, -0.1) is 0 Å². The standard InChI is InChI=1S/C12H13N/c1-3-11(8-9-13)12-7-5-4-6-10(12)2/h3-9H,1-2,13H2/b9-8-,12-11-. The summed E-state index contributed by atoms with van der Waals surface area (Å²) in [6.07, 6.45) is 5.09. The van der Waals surface area contributed by atoms with Crippen molar-refractivity contribution >= 4 is 12.2 Å². The van der Waals surface area contributed by atoms with E-state index in [4.69, 9.17) is 5.73 Å².